The summed E-state index contributed by atoms with van der Waals surface area (Å²) in [5.74, 6) is -2.33. The standard InChI is InChI=1S/C28H36ClNO6/c1-16(11-17-8-9-20(33)13-23(17)29)7-10-24(34)25-18(14-31)12-21-26(22(25)15-32)28(36)30(27(21)35)19-5-3-2-4-6-19/h8-9,11,13,19,21-22,24,26,31-34H,2-7,10,12,14-15H2,1H3/b16-11+/t21-,22+,24-,26-/m1/s1. The smallest absolute Gasteiger partial charge is 0.234 e. The molecule has 4 N–H and O–H groups in total. The fourth-order valence-corrected chi connectivity index (χ4v) is 6.55. The molecular weight excluding hydrogens is 482 g/mol. The van der Waals surface area contributed by atoms with Gasteiger partial charge in [-0.25, -0.2) is 0 Å². The molecule has 196 valence electrons. The van der Waals surface area contributed by atoms with E-state index in [1.807, 2.05) is 13.0 Å². The van der Waals surface area contributed by atoms with Gasteiger partial charge in [0.2, 0.25) is 11.8 Å². The second-order valence-corrected chi connectivity index (χ2v) is 10.8. The van der Waals surface area contributed by atoms with Gasteiger partial charge < -0.3 is 20.4 Å². The van der Waals surface area contributed by atoms with Crippen LogP contribution in [0.15, 0.2) is 34.9 Å². The molecule has 0 radical (unpaired) electrons. The summed E-state index contributed by atoms with van der Waals surface area (Å²) in [5.41, 5.74) is 2.77. The summed E-state index contributed by atoms with van der Waals surface area (Å²) >= 11 is 6.20. The highest BCUT2D eigenvalue weighted by Crippen LogP contribution is 2.47. The molecule has 2 fully saturated rings. The van der Waals surface area contributed by atoms with E-state index in [-0.39, 0.29) is 43.2 Å². The fraction of sp³-hybridized carbons (Fsp3) is 0.571. The molecule has 0 aromatic heterocycles. The van der Waals surface area contributed by atoms with E-state index >= 15 is 0 Å². The first-order chi connectivity index (χ1) is 17.3. The van der Waals surface area contributed by atoms with Gasteiger partial charge in [-0.1, -0.05) is 42.5 Å². The Morgan fingerprint density at radius 2 is 1.89 bits per heavy atom. The molecule has 4 atom stereocenters. The van der Waals surface area contributed by atoms with E-state index in [0.29, 0.717) is 29.0 Å². The number of nitrogens with zero attached hydrogens (tertiary/aromatic N) is 1. The normalized spacial score (nSPS) is 26.5. The van der Waals surface area contributed by atoms with Crippen LogP contribution in [0.4, 0.5) is 0 Å². The molecule has 4 rings (SSSR count). The lowest BCUT2D eigenvalue weighted by Crippen LogP contribution is -2.42. The number of likely N-dealkylation sites (tertiary alicyclic amines) is 1. The molecule has 1 saturated heterocycles. The van der Waals surface area contributed by atoms with Crippen molar-refractivity contribution in [1.82, 2.24) is 4.90 Å². The topological polar surface area (TPSA) is 118 Å². The zero-order valence-corrected chi connectivity index (χ0v) is 21.5. The van der Waals surface area contributed by atoms with Gasteiger partial charge in [-0.05, 0) is 73.9 Å². The average Bonchev–Trinajstić information content (AvgIpc) is 3.12. The molecule has 1 aromatic carbocycles. The van der Waals surface area contributed by atoms with Crippen LogP contribution in [0.3, 0.4) is 0 Å². The van der Waals surface area contributed by atoms with Crippen molar-refractivity contribution in [2.75, 3.05) is 13.2 Å². The van der Waals surface area contributed by atoms with Crippen molar-refractivity contribution in [2.24, 2.45) is 17.8 Å². The number of aliphatic hydroxyl groups excluding tert-OH is 3. The fourth-order valence-electron chi connectivity index (χ4n) is 6.32. The van der Waals surface area contributed by atoms with Gasteiger partial charge in [0.25, 0.3) is 0 Å². The van der Waals surface area contributed by atoms with Gasteiger partial charge in [0.05, 0.1) is 36.2 Å². The number of allylic oxidation sites excluding steroid dienone is 1. The molecule has 2 amide bonds. The minimum atomic E-state index is -0.962. The van der Waals surface area contributed by atoms with Crippen LogP contribution < -0.4 is 0 Å². The lowest BCUT2D eigenvalue weighted by molar-refractivity contribution is -0.143. The summed E-state index contributed by atoms with van der Waals surface area (Å²) in [7, 11) is 0. The van der Waals surface area contributed by atoms with E-state index in [1.54, 1.807) is 12.1 Å². The summed E-state index contributed by atoms with van der Waals surface area (Å²) in [6.45, 7) is 1.22. The van der Waals surface area contributed by atoms with Gasteiger partial charge in [-0.15, -0.1) is 0 Å². The number of amides is 2. The Bertz CT molecular complexity index is 1060. The van der Waals surface area contributed by atoms with Crippen molar-refractivity contribution in [3.05, 3.63) is 45.5 Å². The largest absolute Gasteiger partial charge is 0.508 e. The summed E-state index contributed by atoms with van der Waals surface area (Å²) in [6.07, 6.45) is 6.73. The van der Waals surface area contributed by atoms with Gasteiger partial charge in [-0.2, -0.15) is 0 Å². The number of phenols is 1. The first kappa shape index (κ1) is 26.9. The van der Waals surface area contributed by atoms with E-state index in [0.717, 1.165) is 43.2 Å². The van der Waals surface area contributed by atoms with E-state index in [2.05, 4.69) is 0 Å². The van der Waals surface area contributed by atoms with Crippen LogP contribution in [0.5, 0.6) is 5.75 Å². The zero-order chi connectivity index (χ0) is 26.0. The van der Waals surface area contributed by atoms with Crippen LogP contribution in [-0.4, -0.2) is 62.5 Å². The Morgan fingerprint density at radius 3 is 2.53 bits per heavy atom. The molecule has 1 aromatic rings. The van der Waals surface area contributed by atoms with Gasteiger partial charge >= 0.3 is 0 Å². The van der Waals surface area contributed by atoms with E-state index in [1.165, 1.54) is 11.0 Å². The number of rotatable bonds is 8. The average molecular weight is 518 g/mol. The lowest BCUT2D eigenvalue weighted by Gasteiger charge is -2.36. The number of imide groups is 1. The monoisotopic (exact) mass is 517 g/mol. The maximum Gasteiger partial charge on any atom is 0.234 e. The third-order valence-corrected chi connectivity index (χ3v) is 8.43. The number of aliphatic hydroxyl groups is 3. The Morgan fingerprint density at radius 1 is 1.17 bits per heavy atom. The number of aromatic hydroxyl groups is 1. The van der Waals surface area contributed by atoms with Crippen molar-refractivity contribution in [1.29, 1.82) is 0 Å². The molecule has 1 heterocycles. The SMILES string of the molecule is C/C(=C\c1ccc(O)cc1Cl)CC[C@@H](O)C1=C(CO)C[C@H]2C(=O)N(C3CCCCC3)C(=O)[C@H]2[C@H]1CO. The van der Waals surface area contributed by atoms with E-state index < -0.39 is 23.9 Å². The molecule has 36 heavy (non-hydrogen) atoms. The van der Waals surface area contributed by atoms with Crippen molar-refractivity contribution in [3.63, 3.8) is 0 Å². The lowest BCUT2D eigenvalue weighted by atomic mass is 9.68. The number of carbonyl (C=O) groups is 2. The molecule has 1 saturated carbocycles. The van der Waals surface area contributed by atoms with Gasteiger partial charge in [0, 0.05) is 12.0 Å². The first-order valence-electron chi connectivity index (χ1n) is 12.9. The Hall–Kier alpha value is -2.19. The Balaban J connectivity index is 1.52. The minimum Gasteiger partial charge on any atom is -0.508 e. The second-order valence-electron chi connectivity index (χ2n) is 10.4. The number of halogens is 1. The van der Waals surface area contributed by atoms with Crippen LogP contribution in [0, 0.1) is 17.8 Å². The summed E-state index contributed by atoms with van der Waals surface area (Å²) in [6, 6.07) is 4.65. The Kier molecular flexibility index (Phi) is 8.56. The molecule has 2 aliphatic carbocycles. The molecule has 1 aliphatic heterocycles. The van der Waals surface area contributed by atoms with Crippen LogP contribution in [0.25, 0.3) is 6.08 Å². The summed E-state index contributed by atoms with van der Waals surface area (Å²) in [4.78, 5) is 28.2. The minimum absolute atomic E-state index is 0.0846. The highest BCUT2D eigenvalue weighted by molar-refractivity contribution is 6.32. The van der Waals surface area contributed by atoms with Crippen LogP contribution >= 0.6 is 11.6 Å². The number of benzene rings is 1. The van der Waals surface area contributed by atoms with Crippen molar-refractivity contribution < 1.29 is 30.0 Å². The first-order valence-corrected chi connectivity index (χ1v) is 13.3. The molecule has 0 bridgehead atoms. The molecule has 0 unspecified atom stereocenters. The molecular formula is C28H36ClNO6. The van der Waals surface area contributed by atoms with Crippen molar-refractivity contribution in [3.8, 4) is 5.75 Å². The number of hydrogen-bond donors (Lipinski definition) is 4. The van der Waals surface area contributed by atoms with Gasteiger partial charge in [-0.3, -0.25) is 14.5 Å². The number of hydrogen-bond acceptors (Lipinski definition) is 6. The maximum atomic E-state index is 13.5. The van der Waals surface area contributed by atoms with Crippen LogP contribution in [0.1, 0.15) is 63.9 Å². The van der Waals surface area contributed by atoms with Crippen molar-refractivity contribution >= 4 is 29.5 Å². The van der Waals surface area contributed by atoms with Crippen LogP contribution in [-0.2, 0) is 9.59 Å². The summed E-state index contributed by atoms with van der Waals surface area (Å²) in [5, 5.41) is 41.6. The van der Waals surface area contributed by atoms with E-state index in [4.69, 9.17) is 11.6 Å². The number of phenolic OH excluding ortho intramolecular Hbond substituents is 1. The molecule has 7 nitrogen and oxygen atoms in total. The molecule has 8 heteroatoms. The number of fused-ring (bicyclic) bond motifs is 1. The predicted octanol–water partition coefficient (Wildman–Crippen LogP) is 3.83. The maximum absolute atomic E-state index is 13.5. The predicted molar refractivity (Wildman–Crippen MR) is 137 cm³/mol. The number of carbonyl (C=O) groups excluding carboxylic acids is 2. The third-order valence-electron chi connectivity index (χ3n) is 8.10. The summed E-state index contributed by atoms with van der Waals surface area (Å²) < 4.78 is 0. The van der Waals surface area contributed by atoms with E-state index in [9.17, 15) is 30.0 Å². The van der Waals surface area contributed by atoms with Crippen LogP contribution in [0.2, 0.25) is 5.02 Å². The Labute approximate surface area is 217 Å². The van der Waals surface area contributed by atoms with Crippen molar-refractivity contribution in [2.45, 2.75) is 70.4 Å². The second kappa shape index (κ2) is 11.5. The molecule has 0 spiro atoms. The quantitative estimate of drug-likeness (QED) is 0.307. The highest BCUT2D eigenvalue weighted by atomic mass is 35.5. The zero-order valence-electron chi connectivity index (χ0n) is 20.7. The highest BCUT2D eigenvalue weighted by Gasteiger charge is 2.56. The van der Waals surface area contributed by atoms with Gasteiger partial charge in [0.1, 0.15) is 5.75 Å². The molecule has 3 aliphatic rings. The third kappa shape index (κ3) is 5.25. The van der Waals surface area contributed by atoms with Gasteiger partial charge in [0.15, 0.2) is 0 Å².